The summed E-state index contributed by atoms with van der Waals surface area (Å²) in [6.45, 7) is 10.4. The first-order chi connectivity index (χ1) is 11.1. The zero-order chi connectivity index (χ0) is 16.2. The lowest BCUT2D eigenvalue weighted by Gasteiger charge is -2.34. The summed E-state index contributed by atoms with van der Waals surface area (Å²) < 4.78 is 11.0. The fraction of sp³-hybridized carbons (Fsp3) is 0.625. The average Bonchev–Trinajstić information content (AvgIpc) is 3.17. The van der Waals surface area contributed by atoms with Gasteiger partial charge < -0.3 is 14.5 Å². The molecule has 1 N–H and O–H groups in total. The molecule has 1 saturated heterocycles. The molecule has 0 spiro atoms. The smallest absolute Gasteiger partial charge is 0.233 e. The maximum Gasteiger partial charge on any atom is 0.233 e. The predicted molar refractivity (Wildman–Crippen MR) is 89.6 cm³/mol. The van der Waals surface area contributed by atoms with Crippen LogP contribution in [0.15, 0.2) is 16.5 Å². The Morgan fingerprint density at radius 1 is 1.26 bits per heavy atom. The summed E-state index contributed by atoms with van der Waals surface area (Å²) in [4.78, 5) is 5.23. The maximum absolute atomic E-state index is 5.52. The highest BCUT2D eigenvalue weighted by Gasteiger charge is 2.25. The fourth-order valence-corrected chi connectivity index (χ4v) is 3.81. The number of ether oxygens (including phenoxy) is 1. The number of aromatic nitrogens is 2. The second-order valence-corrected chi connectivity index (χ2v) is 7.22. The summed E-state index contributed by atoms with van der Waals surface area (Å²) in [5.41, 5.74) is 0. The van der Waals surface area contributed by atoms with Crippen LogP contribution in [0.1, 0.15) is 40.5 Å². The Morgan fingerprint density at radius 3 is 2.65 bits per heavy atom. The Balaban J connectivity index is 1.68. The molecular formula is C16H24N4O2S. The van der Waals surface area contributed by atoms with Gasteiger partial charge in [0.25, 0.3) is 0 Å². The molecule has 2 aromatic rings. The molecule has 0 amide bonds. The van der Waals surface area contributed by atoms with Crippen molar-refractivity contribution in [1.29, 1.82) is 0 Å². The molecule has 0 unspecified atom stereocenters. The summed E-state index contributed by atoms with van der Waals surface area (Å²) in [5, 5.41) is 11.6. The zero-order valence-corrected chi connectivity index (χ0v) is 14.7. The van der Waals surface area contributed by atoms with Crippen LogP contribution in [-0.4, -0.2) is 47.9 Å². The van der Waals surface area contributed by atoms with Crippen molar-refractivity contribution < 1.29 is 9.15 Å². The molecule has 2 aromatic heterocycles. The van der Waals surface area contributed by atoms with Crippen LogP contribution < -0.4 is 5.32 Å². The number of morpholine rings is 1. The Kier molecular flexibility index (Phi) is 5.42. The molecule has 0 radical (unpaired) electrons. The van der Waals surface area contributed by atoms with Crippen LogP contribution in [0, 0.1) is 13.8 Å². The molecule has 1 fully saturated rings. The topological polar surface area (TPSA) is 63.4 Å². The highest BCUT2D eigenvalue weighted by Crippen LogP contribution is 2.28. The summed E-state index contributed by atoms with van der Waals surface area (Å²) in [6.07, 6.45) is 0. The number of nitrogens with zero attached hydrogens (tertiary/aromatic N) is 3. The number of aryl methyl sites for hydroxylation is 2. The van der Waals surface area contributed by atoms with Gasteiger partial charge in [0.05, 0.1) is 25.3 Å². The maximum atomic E-state index is 5.52. The van der Waals surface area contributed by atoms with E-state index in [1.54, 1.807) is 0 Å². The van der Waals surface area contributed by atoms with Crippen molar-refractivity contribution in [2.75, 3.05) is 32.8 Å². The van der Waals surface area contributed by atoms with E-state index >= 15 is 0 Å². The minimum absolute atomic E-state index is 0.0424. The third-order valence-corrected chi connectivity index (χ3v) is 5.21. The van der Waals surface area contributed by atoms with E-state index in [2.05, 4.69) is 46.4 Å². The first kappa shape index (κ1) is 16.6. The second-order valence-electron chi connectivity index (χ2n) is 5.90. The number of hydrogen-bond acceptors (Lipinski definition) is 7. The number of rotatable bonds is 6. The Hall–Kier alpha value is -1.28. The van der Waals surface area contributed by atoms with E-state index in [1.807, 2.05) is 18.3 Å². The minimum atomic E-state index is 0.0424. The molecule has 2 atom stereocenters. The summed E-state index contributed by atoms with van der Waals surface area (Å²) >= 11 is 1.87. The average molecular weight is 336 g/mol. The van der Waals surface area contributed by atoms with E-state index in [1.165, 1.54) is 9.75 Å². The van der Waals surface area contributed by atoms with Gasteiger partial charge in [-0.1, -0.05) is 0 Å². The van der Waals surface area contributed by atoms with Crippen molar-refractivity contribution in [3.05, 3.63) is 33.7 Å². The van der Waals surface area contributed by atoms with Gasteiger partial charge in [-0.3, -0.25) is 4.90 Å². The van der Waals surface area contributed by atoms with E-state index < -0.39 is 0 Å². The van der Waals surface area contributed by atoms with Gasteiger partial charge in [-0.05, 0) is 26.0 Å². The van der Waals surface area contributed by atoms with Crippen LogP contribution in [0.4, 0.5) is 0 Å². The van der Waals surface area contributed by atoms with Gasteiger partial charge >= 0.3 is 0 Å². The normalized spacial score (nSPS) is 18.9. The lowest BCUT2D eigenvalue weighted by molar-refractivity contribution is 0.0163. The minimum Gasteiger partial charge on any atom is -0.424 e. The van der Waals surface area contributed by atoms with Crippen molar-refractivity contribution in [3.8, 4) is 0 Å². The van der Waals surface area contributed by atoms with Gasteiger partial charge in [0.2, 0.25) is 11.8 Å². The molecule has 3 rings (SSSR count). The molecule has 7 heteroatoms. The Labute approximate surface area is 140 Å². The van der Waals surface area contributed by atoms with Crippen molar-refractivity contribution in [2.45, 2.75) is 32.9 Å². The number of nitrogens with one attached hydrogen (secondary N) is 1. The van der Waals surface area contributed by atoms with E-state index in [4.69, 9.17) is 9.15 Å². The van der Waals surface area contributed by atoms with E-state index in [-0.39, 0.29) is 6.04 Å². The zero-order valence-electron chi connectivity index (χ0n) is 13.9. The first-order valence-corrected chi connectivity index (χ1v) is 8.86. The second kappa shape index (κ2) is 7.53. The van der Waals surface area contributed by atoms with Crippen LogP contribution in [0.25, 0.3) is 0 Å². The first-order valence-electron chi connectivity index (χ1n) is 8.05. The van der Waals surface area contributed by atoms with Gasteiger partial charge in [0, 0.05) is 36.3 Å². The summed E-state index contributed by atoms with van der Waals surface area (Å²) in [7, 11) is 0. The lowest BCUT2D eigenvalue weighted by Crippen LogP contribution is -2.43. The third kappa shape index (κ3) is 4.17. The van der Waals surface area contributed by atoms with Crippen LogP contribution in [0.3, 0.4) is 0 Å². The highest BCUT2D eigenvalue weighted by molar-refractivity contribution is 7.12. The molecule has 1 aliphatic heterocycles. The van der Waals surface area contributed by atoms with E-state index in [0.717, 1.165) is 32.8 Å². The largest absolute Gasteiger partial charge is 0.424 e. The van der Waals surface area contributed by atoms with Crippen molar-refractivity contribution in [1.82, 2.24) is 20.4 Å². The SMILES string of the molecule is Cc1nnc([C@H](C)NC[C@@H](c2ccc(C)s2)N2CCOCC2)o1. The van der Waals surface area contributed by atoms with Gasteiger partial charge in [-0.25, -0.2) is 0 Å². The Morgan fingerprint density at radius 2 is 2.04 bits per heavy atom. The molecule has 0 aliphatic carbocycles. The summed E-state index contributed by atoms with van der Waals surface area (Å²) in [6, 6.07) is 4.83. The summed E-state index contributed by atoms with van der Waals surface area (Å²) in [5.74, 6) is 1.25. The molecule has 3 heterocycles. The number of hydrogen-bond donors (Lipinski definition) is 1. The van der Waals surface area contributed by atoms with Crippen LogP contribution in [-0.2, 0) is 4.74 Å². The van der Waals surface area contributed by atoms with Gasteiger partial charge in [-0.15, -0.1) is 21.5 Å². The molecule has 0 saturated carbocycles. The third-order valence-electron chi connectivity index (χ3n) is 4.11. The van der Waals surface area contributed by atoms with Crippen molar-refractivity contribution in [3.63, 3.8) is 0 Å². The van der Waals surface area contributed by atoms with E-state index in [0.29, 0.717) is 17.8 Å². The van der Waals surface area contributed by atoms with Gasteiger partial charge in [0.1, 0.15) is 0 Å². The van der Waals surface area contributed by atoms with Crippen LogP contribution in [0.2, 0.25) is 0 Å². The predicted octanol–water partition coefficient (Wildman–Crippen LogP) is 2.47. The van der Waals surface area contributed by atoms with Crippen molar-refractivity contribution in [2.24, 2.45) is 0 Å². The molecule has 23 heavy (non-hydrogen) atoms. The molecule has 6 nitrogen and oxygen atoms in total. The van der Waals surface area contributed by atoms with Gasteiger partial charge in [0.15, 0.2) is 0 Å². The molecule has 0 aromatic carbocycles. The standard InChI is InChI=1S/C16H24N4O2S/c1-11-4-5-15(23-11)14(20-6-8-21-9-7-20)10-17-12(2)16-19-18-13(3)22-16/h4-5,12,14,17H,6-10H2,1-3H3/t12-,14-/m0/s1. The van der Waals surface area contributed by atoms with Gasteiger partial charge in [-0.2, -0.15) is 0 Å². The molecule has 126 valence electrons. The molecule has 1 aliphatic rings. The quantitative estimate of drug-likeness (QED) is 0.874. The number of thiophene rings is 1. The van der Waals surface area contributed by atoms with E-state index in [9.17, 15) is 0 Å². The lowest BCUT2D eigenvalue weighted by atomic mass is 10.1. The molecular weight excluding hydrogens is 312 g/mol. The highest BCUT2D eigenvalue weighted by atomic mass is 32.1. The van der Waals surface area contributed by atoms with Crippen LogP contribution in [0.5, 0.6) is 0 Å². The van der Waals surface area contributed by atoms with Crippen molar-refractivity contribution >= 4 is 11.3 Å². The molecule has 0 bridgehead atoms. The fourth-order valence-electron chi connectivity index (χ4n) is 2.79. The van der Waals surface area contributed by atoms with Crippen LogP contribution >= 0.6 is 11.3 Å². The Bertz CT molecular complexity index is 621. The monoisotopic (exact) mass is 336 g/mol.